The lowest BCUT2D eigenvalue weighted by Crippen LogP contribution is -2.34. The largest absolute Gasteiger partial charge is 0.491 e. The van der Waals surface area contributed by atoms with E-state index in [1.807, 2.05) is 41.8 Å². The second-order valence-electron chi connectivity index (χ2n) is 17.9. The molecule has 0 aliphatic heterocycles. The summed E-state index contributed by atoms with van der Waals surface area (Å²) in [6.45, 7) is 19.5. The number of thiazole rings is 2. The third-order valence-electron chi connectivity index (χ3n) is 9.81. The molecule has 1 N–H and O–H groups in total. The zero-order valence-electron chi connectivity index (χ0n) is 40.6. The fraction of sp³-hybridized carbons (Fsp3) is 0.489. The van der Waals surface area contributed by atoms with E-state index in [0.717, 1.165) is 16.3 Å². The molecular formula is C47H63FN7O9PS2Si. The number of amides is 1. The monoisotopic (exact) mass is 1010 g/mol. The van der Waals surface area contributed by atoms with Crippen LogP contribution in [0.3, 0.4) is 0 Å². The van der Waals surface area contributed by atoms with Crippen LogP contribution in [0.25, 0.3) is 10.2 Å². The molecule has 368 valence electrons. The van der Waals surface area contributed by atoms with Crippen LogP contribution in [-0.4, -0.2) is 108 Å². The van der Waals surface area contributed by atoms with Crippen molar-refractivity contribution >= 4 is 77.4 Å². The molecule has 0 spiro atoms. The molecule has 0 radical (unpaired) electrons. The average molecular weight is 1010 g/mol. The van der Waals surface area contributed by atoms with E-state index in [2.05, 4.69) is 46.7 Å². The minimum Gasteiger partial charge on any atom is -0.491 e. The standard InChI is InChI=1S/C47H63FN7O9PS2Si/c1-11-62-65(59,63-12-2)28-17-25-54(40-30-33(3)42(52-51-40)50-45-55(32-60-27-29-68(8,9)10)36-19-13-14-20-38(36)66-45)44-49-41(43(56)57)39(67-44)21-16-26-61-37-23-22-34(31-35(37)48)18-15-24-53(7)46(58)64-47(4,5)6/h13-14,19-20,22-23,30-31H,11-12,16-17,21,24-29,32H2,1-10H3,(H,56,57). The van der Waals surface area contributed by atoms with Crippen LogP contribution in [0.2, 0.25) is 25.7 Å². The van der Waals surface area contributed by atoms with Gasteiger partial charge in [-0.3, -0.25) is 9.13 Å². The SMILES string of the molecule is CCOP(=O)(CCCN(c1cc(C)c(N=c2sc3ccccc3n2COCC[Si](C)(C)C)nn1)c1nc(C(=O)O)c(CCCOc2ccc(C#CCN(C)C(=O)OC(C)(C)C)cc2F)s1)OCC. The molecule has 2 aromatic carbocycles. The van der Waals surface area contributed by atoms with Gasteiger partial charge >= 0.3 is 19.7 Å². The first-order valence-corrected chi connectivity index (χ1v) is 29.5. The molecule has 21 heteroatoms. The number of rotatable bonds is 23. The Balaban J connectivity index is 1.35. The van der Waals surface area contributed by atoms with E-state index in [4.69, 9.17) is 28.3 Å². The summed E-state index contributed by atoms with van der Waals surface area (Å²) in [5, 5.41) is 19.8. The molecular weight excluding hydrogens is 949 g/mol. The summed E-state index contributed by atoms with van der Waals surface area (Å²) < 4.78 is 60.0. The molecule has 0 fully saturated rings. The average Bonchev–Trinajstić information content (AvgIpc) is 3.84. The lowest BCUT2D eigenvalue weighted by atomic mass is 10.2. The van der Waals surface area contributed by atoms with Gasteiger partial charge in [-0.25, -0.2) is 19.0 Å². The Morgan fingerprint density at radius 2 is 1.75 bits per heavy atom. The van der Waals surface area contributed by atoms with E-state index < -0.39 is 39.2 Å². The van der Waals surface area contributed by atoms with Gasteiger partial charge in [-0.1, -0.05) is 55.0 Å². The van der Waals surface area contributed by atoms with E-state index in [1.165, 1.54) is 39.7 Å². The van der Waals surface area contributed by atoms with Gasteiger partial charge in [0.05, 0.1) is 42.7 Å². The first kappa shape index (κ1) is 53.9. The fourth-order valence-electron chi connectivity index (χ4n) is 6.42. The maximum Gasteiger partial charge on any atom is 0.410 e. The summed E-state index contributed by atoms with van der Waals surface area (Å²) >= 11 is 2.71. The van der Waals surface area contributed by atoms with E-state index >= 15 is 4.39 Å². The van der Waals surface area contributed by atoms with Crippen molar-refractivity contribution in [1.29, 1.82) is 0 Å². The Morgan fingerprint density at radius 3 is 2.41 bits per heavy atom. The number of halogens is 1. The number of carboxylic acid groups (broad SMARTS) is 1. The maximum absolute atomic E-state index is 15.1. The number of carbonyl (C=O) groups excluding carboxylic acids is 1. The normalized spacial score (nSPS) is 12.2. The van der Waals surface area contributed by atoms with Crippen molar-refractivity contribution in [3.63, 3.8) is 0 Å². The summed E-state index contributed by atoms with van der Waals surface area (Å²) in [4.78, 5) is 38.6. The molecule has 0 unspecified atom stereocenters. The van der Waals surface area contributed by atoms with Crippen molar-refractivity contribution < 1.29 is 46.9 Å². The summed E-state index contributed by atoms with van der Waals surface area (Å²) in [6, 6.07) is 15.3. The molecule has 0 aliphatic carbocycles. The molecule has 0 bridgehead atoms. The number of benzene rings is 2. The van der Waals surface area contributed by atoms with Crippen molar-refractivity contribution in [2.45, 2.75) is 98.8 Å². The molecule has 0 saturated heterocycles. The molecule has 5 aromatic rings. The highest BCUT2D eigenvalue weighted by Crippen LogP contribution is 2.48. The number of anilines is 2. The van der Waals surface area contributed by atoms with Gasteiger partial charge in [0.15, 0.2) is 38.8 Å². The highest BCUT2D eigenvalue weighted by molar-refractivity contribution is 7.53. The predicted molar refractivity (Wildman–Crippen MR) is 268 cm³/mol. The topological polar surface area (TPSA) is 180 Å². The number of nitrogens with zero attached hydrogens (tertiary/aromatic N) is 7. The van der Waals surface area contributed by atoms with E-state index in [9.17, 15) is 19.3 Å². The van der Waals surface area contributed by atoms with Crippen LogP contribution in [-0.2, 0) is 36.2 Å². The van der Waals surface area contributed by atoms with E-state index in [0.29, 0.717) is 63.8 Å². The minimum atomic E-state index is -3.40. The zero-order valence-corrected chi connectivity index (χ0v) is 44.1. The number of carbonyl (C=O) groups is 2. The van der Waals surface area contributed by atoms with Crippen molar-refractivity contribution in [1.82, 2.24) is 24.6 Å². The molecule has 0 atom stereocenters. The zero-order chi connectivity index (χ0) is 49.6. The van der Waals surface area contributed by atoms with Crippen LogP contribution >= 0.6 is 30.3 Å². The van der Waals surface area contributed by atoms with Gasteiger partial charge < -0.3 is 38.2 Å². The molecule has 1 amide bonds. The molecule has 68 heavy (non-hydrogen) atoms. The Labute approximate surface area is 407 Å². The van der Waals surface area contributed by atoms with Crippen molar-refractivity contribution in [3.05, 3.63) is 80.8 Å². The van der Waals surface area contributed by atoms with Crippen LogP contribution in [0.15, 0.2) is 53.5 Å². The number of aromatic nitrogens is 4. The number of aromatic carboxylic acids is 1. The van der Waals surface area contributed by atoms with Crippen molar-refractivity contribution in [3.8, 4) is 17.6 Å². The molecule has 0 saturated carbocycles. The molecule has 3 heterocycles. The van der Waals surface area contributed by atoms with Gasteiger partial charge in [-0.2, -0.15) is 4.99 Å². The van der Waals surface area contributed by atoms with Crippen LogP contribution in [0.1, 0.15) is 74.0 Å². The molecule has 5 rings (SSSR count). The number of hydrogen-bond acceptors (Lipinski definition) is 15. The highest BCUT2D eigenvalue weighted by Gasteiger charge is 2.27. The van der Waals surface area contributed by atoms with Crippen LogP contribution in [0.5, 0.6) is 5.75 Å². The minimum absolute atomic E-state index is 0.0181. The lowest BCUT2D eigenvalue weighted by Gasteiger charge is -2.23. The molecule has 0 aliphatic rings. The fourth-order valence-corrected chi connectivity index (χ4v) is 11.0. The van der Waals surface area contributed by atoms with Gasteiger partial charge in [0.25, 0.3) is 0 Å². The van der Waals surface area contributed by atoms with Crippen molar-refractivity contribution in [2.75, 3.05) is 57.6 Å². The molecule has 16 nitrogen and oxygen atoms in total. The number of ether oxygens (including phenoxy) is 3. The maximum atomic E-state index is 15.1. The number of para-hydroxylation sites is 1. The van der Waals surface area contributed by atoms with E-state index in [-0.39, 0.29) is 56.9 Å². The van der Waals surface area contributed by atoms with Gasteiger partial charge in [0.1, 0.15) is 12.3 Å². The summed E-state index contributed by atoms with van der Waals surface area (Å²) in [5.41, 5.74) is 1.35. The summed E-state index contributed by atoms with van der Waals surface area (Å²) in [6.07, 6.45) is 0.539. The number of fused-ring (bicyclic) bond motifs is 1. The number of hydrogen-bond donors (Lipinski definition) is 1. The van der Waals surface area contributed by atoms with Gasteiger partial charge in [-0.15, -0.1) is 21.5 Å². The number of aryl methyl sites for hydroxylation is 2. The van der Waals surface area contributed by atoms with Crippen LogP contribution < -0.4 is 14.4 Å². The lowest BCUT2D eigenvalue weighted by molar-refractivity contribution is 0.0320. The number of carboxylic acids is 1. The van der Waals surface area contributed by atoms with Crippen molar-refractivity contribution in [2.24, 2.45) is 4.99 Å². The first-order chi connectivity index (χ1) is 32.2. The molecule has 3 aromatic heterocycles. The Hall–Kier alpha value is -5.00. The Kier molecular flexibility index (Phi) is 19.4. The van der Waals surface area contributed by atoms with E-state index in [1.54, 1.807) is 52.6 Å². The van der Waals surface area contributed by atoms with Crippen LogP contribution in [0.4, 0.5) is 26.0 Å². The first-order valence-electron chi connectivity index (χ1n) is 22.5. The highest BCUT2D eigenvalue weighted by atomic mass is 32.1. The second kappa shape index (κ2) is 24.5. The Bertz CT molecular complexity index is 2700. The smallest absolute Gasteiger partial charge is 0.410 e. The predicted octanol–water partition coefficient (Wildman–Crippen LogP) is 10.7. The van der Waals surface area contributed by atoms with Gasteiger partial charge in [0.2, 0.25) is 0 Å². The quantitative estimate of drug-likeness (QED) is 0.0283. The van der Waals surface area contributed by atoms with Gasteiger partial charge in [0, 0.05) is 38.7 Å². The second-order valence-corrected chi connectivity index (χ2v) is 27.8. The Morgan fingerprint density at radius 1 is 1.01 bits per heavy atom. The third kappa shape index (κ3) is 16.0. The van der Waals surface area contributed by atoms with Gasteiger partial charge in [-0.05, 0) is 109 Å². The third-order valence-corrected chi connectivity index (χ3v) is 15.9. The van der Waals surface area contributed by atoms with Crippen LogP contribution in [0, 0.1) is 24.6 Å². The summed E-state index contributed by atoms with van der Waals surface area (Å²) in [5.74, 6) is 4.69. The summed E-state index contributed by atoms with van der Waals surface area (Å²) in [7, 11) is -3.12.